The molecule has 2 atom stereocenters. The number of rotatable bonds is 0. The van der Waals surface area contributed by atoms with Crippen molar-refractivity contribution in [2.45, 2.75) is 25.5 Å². The lowest BCUT2D eigenvalue weighted by molar-refractivity contribution is 0.133. The average molecular weight is 145 g/mol. The molecule has 1 saturated heterocycles. The van der Waals surface area contributed by atoms with Crippen molar-refractivity contribution in [1.29, 1.82) is 0 Å². The van der Waals surface area contributed by atoms with Crippen molar-refractivity contribution in [3.8, 4) is 0 Å². The van der Waals surface area contributed by atoms with Crippen LogP contribution in [-0.2, 0) is 0 Å². The maximum absolute atomic E-state index is 10.4. The summed E-state index contributed by atoms with van der Waals surface area (Å²) in [6.45, 7) is 2.06. The molecule has 4 nitrogen and oxygen atoms in total. The molecule has 0 aromatic carbocycles. The van der Waals surface area contributed by atoms with E-state index in [2.05, 4.69) is 0 Å². The highest BCUT2D eigenvalue weighted by Crippen LogP contribution is 2.16. The van der Waals surface area contributed by atoms with Crippen molar-refractivity contribution >= 4 is 6.09 Å². The number of aliphatic hydroxyl groups excluding tert-OH is 1. The topological polar surface area (TPSA) is 60.8 Å². The second-order valence-electron chi connectivity index (χ2n) is 2.67. The minimum atomic E-state index is -0.941. The van der Waals surface area contributed by atoms with Gasteiger partial charge < -0.3 is 15.1 Å². The van der Waals surface area contributed by atoms with Gasteiger partial charge in [-0.25, -0.2) is 4.79 Å². The summed E-state index contributed by atoms with van der Waals surface area (Å²) in [5.74, 6) is 0. The van der Waals surface area contributed by atoms with Crippen LogP contribution >= 0.6 is 0 Å². The largest absolute Gasteiger partial charge is 0.465 e. The number of aliphatic hydroxyl groups is 1. The van der Waals surface area contributed by atoms with Gasteiger partial charge in [-0.05, 0) is 13.3 Å². The van der Waals surface area contributed by atoms with E-state index in [1.165, 1.54) is 4.90 Å². The summed E-state index contributed by atoms with van der Waals surface area (Å²) in [7, 11) is 0. The van der Waals surface area contributed by atoms with E-state index >= 15 is 0 Å². The van der Waals surface area contributed by atoms with Crippen LogP contribution in [0.5, 0.6) is 0 Å². The summed E-state index contributed by atoms with van der Waals surface area (Å²) >= 11 is 0. The van der Waals surface area contributed by atoms with Crippen LogP contribution in [0.25, 0.3) is 0 Å². The van der Waals surface area contributed by atoms with Crippen molar-refractivity contribution in [2.75, 3.05) is 6.54 Å². The third kappa shape index (κ3) is 1.21. The maximum Gasteiger partial charge on any atom is 0.407 e. The van der Waals surface area contributed by atoms with Crippen LogP contribution in [0.4, 0.5) is 4.79 Å². The van der Waals surface area contributed by atoms with E-state index in [0.717, 1.165) is 0 Å². The van der Waals surface area contributed by atoms with Crippen LogP contribution in [0.15, 0.2) is 0 Å². The molecule has 0 aliphatic carbocycles. The molecule has 1 amide bonds. The molecule has 0 aromatic heterocycles. The fraction of sp³-hybridized carbons (Fsp3) is 0.833. The van der Waals surface area contributed by atoms with Gasteiger partial charge >= 0.3 is 6.09 Å². The van der Waals surface area contributed by atoms with Crippen molar-refractivity contribution in [3.63, 3.8) is 0 Å². The lowest BCUT2D eigenvalue weighted by Gasteiger charge is -2.15. The molecule has 1 fully saturated rings. The molecular weight excluding hydrogens is 134 g/mol. The molecule has 1 rings (SSSR count). The number of hydrogen-bond acceptors (Lipinski definition) is 2. The normalized spacial score (nSPS) is 32.8. The molecular formula is C6H11NO3. The fourth-order valence-corrected chi connectivity index (χ4v) is 1.27. The summed E-state index contributed by atoms with van der Waals surface area (Å²) in [6.07, 6.45) is -0.845. The van der Waals surface area contributed by atoms with Gasteiger partial charge in [-0.1, -0.05) is 0 Å². The zero-order chi connectivity index (χ0) is 7.72. The minimum absolute atomic E-state index is 0.0347. The molecule has 1 aliphatic rings. The zero-order valence-electron chi connectivity index (χ0n) is 5.82. The highest BCUT2D eigenvalue weighted by Gasteiger charge is 2.30. The Morgan fingerprint density at radius 3 is 2.50 bits per heavy atom. The van der Waals surface area contributed by atoms with Gasteiger partial charge in [-0.3, -0.25) is 0 Å². The first-order chi connectivity index (χ1) is 4.61. The van der Waals surface area contributed by atoms with Crippen LogP contribution in [0.1, 0.15) is 13.3 Å². The monoisotopic (exact) mass is 145 g/mol. The molecule has 0 radical (unpaired) electrons. The van der Waals surface area contributed by atoms with Gasteiger partial charge in [0.2, 0.25) is 0 Å². The Morgan fingerprint density at radius 2 is 2.30 bits per heavy atom. The van der Waals surface area contributed by atoms with Crippen LogP contribution in [0.2, 0.25) is 0 Å². The van der Waals surface area contributed by atoms with Gasteiger partial charge in [-0.15, -0.1) is 0 Å². The van der Waals surface area contributed by atoms with E-state index in [-0.39, 0.29) is 12.6 Å². The third-order valence-corrected chi connectivity index (χ3v) is 1.80. The lowest BCUT2D eigenvalue weighted by Crippen LogP contribution is -2.32. The van der Waals surface area contributed by atoms with E-state index in [0.29, 0.717) is 6.42 Å². The Labute approximate surface area is 59.1 Å². The van der Waals surface area contributed by atoms with E-state index in [9.17, 15) is 4.79 Å². The second kappa shape index (κ2) is 2.46. The third-order valence-electron chi connectivity index (χ3n) is 1.80. The van der Waals surface area contributed by atoms with E-state index in [1.54, 1.807) is 6.92 Å². The van der Waals surface area contributed by atoms with Crippen molar-refractivity contribution in [3.05, 3.63) is 0 Å². The summed E-state index contributed by atoms with van der Waals surface area (Å²) in [5.41, 5.74) is 0. The second-order valence-corrected chi connectivity index (χ2v) is 2.67. The number of β-amino-alcohol motifs (C(OH)–C–C–N with tert-alkyl or cyclic N) is 1. The number of amides is 1. The Hall–Kier alpha value is -0.770. The number of carboxylic acid groups (broad SMARTS) is 1. The van der Waals surface area contributed by atoms with Gasteiger partial charge in [0, 0.05) is 6.04 Å². The smallest absolute Gasteiger partial charge is 0.407 e. The summed E-state index contributed by atoms with van der Waals surface area (Å²) in [4.78, 5) is 11.6. The molecule has 4 heteroatoms. The van der Waals surface area contributed by atoms with Crippen LogP contribution < -0.4 is 0 Å². The zero-order valence-corrected chi connectivity index (χ0v) is 5.82. The number of likely N-dealkylation sites (tertiary alicyclic amines) is 1. The predicted octanol–water partition coefficient (Wildman–Crippen LogP) is 0.120. The van der Waals surface area contributed by atoms with Gasteiger partial charge in [0.05, 0.1) is 12.6 Å². The van der Waals surface area contributed by atoms with E-state index in [4.69, 9.17) is 10.2 Å². The van der Waals surface area contributed by atoms with E-state index < -0.39 is 12.2 Å². The fourth-order valence-electron chi connectivity index (χ4n) is 1.27. The quantitative estimate of drug-likeness (QED) is 0.509. The molecule has 58 valence electrons. The molecule has 0 aromatic rings. The molecule has 2 N–H and O–H groups in total. The first-order valence-corrected chi connectivity index (χ1v) is 3.29. The SMILES string of the molecule is C[C@@H]1CC(O)CN1C(=O)O. The molecule has 0 bridgehead atoms. The maximum atomic E-state index is 10.4. The molecule has 0 spiro atoms. The van der Waals surface area contributed by atoms with E-state index in [1.807, 2.05) is 0 Å². The van der Waals surface area contributed by atoms with Crippen molar-refractivity contribution in [2.24, 2.45) is 0 Å². The Morgan fingerprint density at radius 1 is 1.70 bits per heavy atom. The predicted molar refractivity (Wildman–Crippen MR) is 34.8 cm³/mol. The summed E-state index contributed by atoms with van der Waals surface area (Å²) in [5, 5.41) is 17.5. The Kier molecular flexibility index (Phi) is 1.80. The van der Waals surface area contributed by atoms with Crippen LogP contribution in [-0.4, -0.2) is 39.9 Å². The summed E-state index contributed by atoms with van der Waals surface area (Å²) in [6, 6.07) is -0.0347. The first-order valence-electron chi connectivity index (χ1n) is 3.29. The van der Waals surface area contributed by atoms with Gasteiger partial charge in [0.25, 0.3) is 0 Å². The molecule has 0 saturated carbocycles. The molecule has 10 heavy (non-hydrogen) atoms. The highest BCUT2D eigenvalue weighted by molar-refractivity contribution is 5.65. The lowest BCUT2D eigenvalue weighted by atomic mass is 10.2. The minimum Gasteiger partial charge on any atom is -0.465 e. The average Bonchev–Trinajstić information content (AvgIpc) is 2.10. The van der Waals surface area contributed by atoms with Gasteiger partial charge in [0.1, 0.15) is 0 Å². The van der Waals surface area contributed by atoms with Crippen molar-refractivity contribution in [1.82, 2.24) is 4.90 Å². The van der Waals surface area contributed by atoms with Gasteiger partial charge in [-0.2, -0.15) is 0 Å². The molecule has 1 aliphatic heterocycles. The van der Waals surface area contributed by atoms with Gasteiger partial charge in [0.15, 0.2) is 0 Å². The number of nitrogens with zero attached hydrogens (tertiary/aromatic N) is 1. The molecule has 1 unspecified atom stereocenters. The Balaban J connectivity index is 2.54. The number of carbonyl (C=O) groups is 1. The highest BCUT2D eigenvalue weighted by atomic mass is 16.4. The van der Waals surface area contributed by atoms with Crippen LogP contribution in [0, 0.1) is 0 Å². The Bertz CT molecular complexity index is 148. The first kappa shape index (κ1) is 7.34. The molecule has 1 heterocycles. The van der Waals surface area contributed by atoms with Crippen molar-refractivity contribution < 1.29 is 15.0 Å². The number of hydrogen-bond donors (Lipinski definition) is 2. The summed E-state index contributed by atoms with van der Waals surface area (Å²) < 4.78 is 0. The van der Waals surface area contributed by atoms with Crippen LogP contribution in [0.3, 0.4) is 0 Å². The standard InChI is InChI=1S/C6H11NO3/c1-4-2-5(8)3-7(4)6(9)10/h4-5,8H,2-3H2,1H3,(H,9,10)/t4-,5?/m1/s1.